The second-order valence-corrected chi connectivity index (χ2v) is 1.56. The third kappa shape index (κ3) is 8.35. The number of hydrogen-bond acceptors (Lipinski definition) is 2. The largest absolute Gasteiger partial charge is 0.466 e. The molecule has 0 heterocycles. The average molecular weight is 207 g/mol. The van der Waals surface area contributed by atoms with E-state index in [9.17, 15) is 4.79 Å². The number of esters is 1. The first-order valence-electron chi connectivity index (χ1n) is 2.96. The molecule has 0 unspecified atom stereocenters. The van der Waals surface area contributed by atoms with Crippen LogP contribution in [0.1, 0.15) is 26.7 Å². The molecule has 0 aromatic heterocycles. The van der Waals surface area contributed by atoms with Crippen molar-refractivity contribution in [1.29, 1.82) is 0 Å². The first-order chi connectivity index (χ1) is 3.81. The van der Waals surface area contributed by atoms with Crippen molar-refractivity contribution in [2.45, 2.75) is 26.7 Å². The van der Waals surface area contributed by atoms with Crippen LogP contribution in [-0.4, -0.2) is 12.6 Å². The van der Waals surface area contributed by atoms with E-state index in [-0.39, 0.29) is 32.2 Å². The maximum absolute atomic E-state index is 10.4. The van der Waals surface area contributed by atoms with Gasteiger partial charge in [0.15, 0.2) is 0 Å². The van der Waals surface area contributed by atoms with Crippen LogP contribution < -0.4 is 0 Å². The molecule has 0 rings (SSSR count). The Morgan fingerprint density at radius 2 is 2.00 bits per heavy atom. The molecule has 0 aliphatic rings. The van der Waals surface area contributed by atoms with Crippen molar-refractivity contribution in [1.82, 2.24) is 0 Å². The Hall–Kier alpha value is 0.353. The summed E-state index contributed by atoms with van der Waals surface area (Å²) in [6.07, 6.45) is 1.42. The molecule has 0 fully saturated rings. The average Bonchev–Trinajstić information content (AvgIpc) is 1.68. The van der Waals surface area contributed by atoms with Crippen LogP contribution in [0.4, 0.5) is 0 Å². The van der Waals surface area contributed by atoms with Gasteiger partial charge >= 0.3 is 5.97 Å². The number of rotatable bonds is 3. The molecule has 0 amide bonds. The molecule has 0 radical (unpaired) electrons. The van der Waals surface area contributed by atoms with E-state index in [0.717, 1.165) is 6.42 Å². The SMILES string of the molecule is CCCC(=O)OCC.[Zr]. The maximum Gasteiger partial charge on any atom is 0.305 e. The molecular weight excluding hydrogens is 195 g/mol. The number of carbonyl (C=O) groups is 1. The Labute approximate surface area is 75.1 Å². The Morgan fingerprint density at radius 3 is 2.33 bits per heavy atom. The first kappa shape index (κ1) is 12.1. The van der Waals surface area contributed by atoms with Crippen LogP contribution in [0.3, 0.4) is 0 Å². The number of hydrogen-bond donors (Lipinski definition) is 0. The minimum atomic E-state index is -0.0880. The van der Waals surface area contributed by atoms with E-state index < -0.39 is 0 Å². The fourth-order valence-electron chi connectivity index (χ4n) is 0.437. The van der Waals surface area contributed by atoms with Crippen molar-refractivity contribution >= 4 is 5.97 Å². The van der Waals surface area contributed by atoms with Crippen molar-refractivity contribution in [3.05, 3.63) is 0 Å². The standard InChI is InChI=1S/C6H12O2.Zr/c1-3-5-6(7)8-4-2;/h3-5H2,1-2H3;. The molecule has 0 N–H and O–H groups in total. The smallest absolute Gasteiger partial charge is 0.305 e. The van der Waals surface area contributed by atoms with E-state index in [1.807, 2.05) is 13.8 Å². The van der Waals surface area contributed by atoms with Crippen molar-refractivity contribution < 1.29 is 35.7 Å². The second kappa shape index (κ2) is 8.35. The predicted molar refractivity (Wildman–Crippen MR) is 31.5 cm³/mol. The Bertz CT molecular complexity index is 65.5. The van der Waals surface area contributed by atoms with Gasteiger partial charge in [-0.1, -0.05) is 6.92 Å². The fraction of sp³-hybridized carbons (Fsp3) is 0.833. The van der Waals surface area contributed by atoms with Crippen molar-refractivity contribution in [2.75, 3.05) is 6.61 Å². The van der Waals surface area contributed by atoms with Gasteiger partial charge in [-0.3, -0.25) is 4.79 Å². The van der Waals surface area contributed by atoms with Crippen LogP contribution in [0.5, 0.6) is 0 Å². The molecule has 0 atom stereocenters. The minimum Gasteiger partial charge on any atom is -0.466 e. The zero-order valence-electron chi connectivity index (χ0n) is 5.94. The molecule has 0 saturated heterocycles. The van der Waals surface area contributed by atoms with Crippen LogP contribution in [-0.2, 0) is 35.7 Å². The van der Waals surface area contributed by atoms with Crippen LogP contribution >= 0.6 is 0 Å². The van der Waals surface area contributed by atoms with Gasteiger partial charge in [0.25, 0.3) is 0 Å². The zero-order chi connectivity index (χ0) is 6.41. The monoisotopic (exact) mass is 206 g/mol. The van der Waals surface area contributed by atoms with Crippen molar-refractivity contribution in [3.8, 4) is 0 Å². The molecule has 0 saturated carbocycles. The molecule has 52 valence electrons. The number of carbonyl (C=O) groups excluding carboxylic acids is 1. The van der Waals surface area contributed by atoms with Gasteiger partial charge in [-0.15, -0.1) is 0 Å². The minimum absolute atomic E-state index is 0. The summed E-state index contributed by atoms with van der Waals surface area (Å²) in [4.78, 5) is 10.4. The summed E-state index contributed by atoms with van der Waals surface area (Å²) in [5, 5.41) is 0. The summed E-state index contributed by atoms with van der Waals surface area (Å²) >= 11 is 0. The van der Waals surface area contributed by atoms with Gasteiger partial charge in [0, 0.05) is 32.6 Å². The topological polar surface area (TPSA) is 26.3 Å². The van der Waals surface area contributed by atoms with E-state index in [2.05, 4.69) is 4.74 Å². The zero-order valence-corrected chi connectivity index (χ0v) is 8.40. The molecule has 0 aliphatic heterocycles. The van der Waals surface area contributed by atoms with Crippen LogP contribution in [0, 0.1) is 0 Å². The summed E-state index contributed by atoms with van der Waals surface area (Å²) in [6, 6.07) is 0. The summed E-state index contributed by atoms with van der Waals surface area (Å²) < 4.78 is 4.64. The van der Waals surface area contributed by atoms with Gasteiger partial charge in [-0.2, -0.15) is 0 Å². The van der Waals surface area contributed by atoms with Gasteiger partial charge in [0.05, 0.1) is 6.61 Å². The van der Waals surface area contributed by atoms with Gasteiger partial charge in [0.1, 0.15) is 0 Å². The van der Waals surface area contributed by atoms with Gasteiger partial charge < -0.3 is 4.74 Å². The summed E-state index contributed by atoms with van der Waals surface area (Å²) in [5.74, 6) is -0.0880. The first-order valence-corrected chi connectivity index (χ1v) is 2.96. The molecule has 9 heavy (non-hydrogen) atoms. The normalized spacial score (nSPS) is 7.78. The fourth-order valence-corrected chi connectivity index (χ4v) is 0.437. The molecule has 0 bridgehead atoms. The van der Waals surface area contributed by atoms with E-state index >= 15 is 0 Å². The molecular formula is C6H12O2Zr. The van der Waals surface area contributed by atoms with Crippen molar-refractivity contribution in [2.24, 2.45) is 0 Å². The number of ether oxygens (including phenoxy) is 1. The quantitative estimate of drug-likeness (QED) is 0.653. The predicted octanol–water partition coefficient (Wildman–Crippen LogP) is 1.35. The van der Waals surface area contributed by atoms with Crippen LogP contribution in [0.15, 0.2) is 0 Å². The van der Waals surface area contributed by atoms with Crippen LogP contribution in [0.25, 0.3) is 0 Å². The summed E-state index contributed by atoms with van der Waals surface area (Å²) in [5.41, 5.74) is 0. The molecule has 3 heteroatoms. The second-order valence-electron chi connectivity index (χ2n) is 1.56. The molecule has 0 aromatic carbocycles. The Morgan fingerprint density at radius 1 is 1.44 bits per heavy atom. The van der Waals surface area contributed by atoms with Gasteiger partial charge in [0.2, 0.25) is 0 Å². The van der Waals surface area contributed by atoms with E-state index in [1.165, 1.54) is 0 Å². The van der Waals surface area contributed by atoms with E-state index in [1.54, 1.807) is 0 Å². The Kier molecular flexibility index (Phi) is 11.2. The van der Waals surface area contributed by atoms with E-state index in [0.29, 0.717) is 13.0 Å². The molecule has 0 aliphatic carbocycles. The summed E-state index contributed by atoms with van der Waals surface area (Å²) in [6.45, 7) is 4.27. The third-order valence-corrected chi connectivity index (χ3v) is 0.759. The van der Waals surface area contributed by atoms with Gasteiger partial charge in [-0.05, 0) is 13.3 Å². The molecule has 0 aromatic rings. The molecule has 2 nitrogen and oxygen atoms in total. The third-order valence-electron chi connectivity index (χ3n) is 0.759. The summed E-state index contributed by atoms with van der Waals surface area (Å²) in [7, 11) is 0. The Balaban J connectivity index is 0. The van der Waals surface area contributed by atoms with Crippen molar-refractivity contribution in [3.63, 3.8) is 0 Å². The van der Waals surface area contributed by atoms with Crippen LogP contribution in [0.2, 0.25) is 0 Å². The molecule has 0 spiro atoms. The maximum atomic E-state index is 10.4. The van der Waals surface area contributed by atoms with Gasteiger partial charge in [-0.25, -0.2) is 0 Å². The van der Waals surface area contributed by atoms with E-state index in [4.69, 9.17) is 0 Å².